The second-order valence-corrected chi connectivity index (χ2v) is 6.05. The van der Waals surface area contributed by atoms with Gasteiger partial charge in [-0.1, -0.05) is 0 Å². The molecule has 0 aliphatic rings. The van der Waals surface area contributed by atoms with Gasteiger partial charge in [0.25, 0.3) is 5.56 Å². The van der Waals surface area contributed by atoms with Gasteiger partial charge < -0.3 is 15.8 Å². The third-order valence-electron chi connectivity index (χ3n) is 2.67. The van der Waals surface area contributed by atoms with Crippen LogP contribution in [-0.4, -0.2) is 44.0 Å². The van der Waals surface area contributed by atoms with E-state index in [9.17, 15) is 18.0 Å². The lowest BCUT2D eigenvalue weighted by molar-refractivity contribution is 0.186. The smallest absolute Gasteiger partial charge is 0.330 e. The summed E-state index contributed by atoms with van der Waals surface area (Å²) in [7, 11) is -2.08. The van der Waals surface area contributed by atoms with Gasteiger partial charge in [-0.25, -0.2) is 18.4 Å². The number of ether oxygens (including phenoxy) is 1. The number of aromatic amines is 1. The maximum absolute atomic E-state index is 11.7. The second kappa shape index (κ2) is 7.24. The van der Waals surface area contributed by atoms with E-state index in [1.807, 2.05) is 0 Å². The molecule has 0 bridgehead atoms. The van der Waals surface area contributed by atoms with Crippen molar-refractivity contribution in [1.82, 2.24) is 9.55 Å². The van der Waals surface area contributed by atoms with Gasteiger partial charge >= 0.3 is 5.69 Å². The van der Waals surface area contributed by atoms with Gasteiger partial charge in [0.1, 0.15) is 11.5 Å². The third-order valence-corrected chi connectivity index (χ3v) is 3.52. The van der Waals surface area contributed by atoms with E-state index in [1.54, 1.807) is 0 Å². The van der Waals surface area contributed by atoms with Gasteiger partial charge in [0.2, 0.25) is 10.0 Å². The Labute approximate surface area is 121 Å². The fourth-order valence-corrected chi connectivity index (χ4v) is 2.20. The molecule has 1 heterocycles. The fourth-order valence-electron chi connectivity index (χ4n) is 1.65. The lowest BCUT2D eigenvalue weighted by Gasteiger charge is -2.13. The number of nitrogens with one attached hydrogen (secondary N) is 2. The normalized spacial score (nSPS) is 11.5. The van der Waals surface area contributed by atoms with Gasteiger partial charge in [-0.2, -0.15) is 0 Å². The third kappa shape index (κ3) is 5.21. The highest BCUT2D eigenvalue weighted by Gasteiger charge is 2.12. The highest BCUT2D eigenvalue weighted by molar-refractivity contribution is 7.89. The number of aromatic nitrogens is 2. The Hall–Kier alpha value is -1.85. The number of H-pyrrole nitrogens is 1. The summed E-state index contributed by atoms with van der Waals surface area (Å²) in [5.41, 5.74) is 4.49. The van der Waals surface area contributed by atoms with Gasteiger partial charge in [-0.15, -0.1) is 0 Å². The van der Waals surface area contributed by atoms with Crippen molar-refractivity contribution in [3.63, 3.8) is 0 Å². The minimum absolute atomic E-state index is 0.0140. The zero-order valence-electron chi connectivity index (χ0n) is 11.6. The predicted molar refractivity (Wildman–Crippen MR) is 78.7 cm³/mol. The van der Waals surface area contributed by atoms with Crippen LogP contribution in [0.25, 0.3) is 0 Å². The van der Waals surface area contributed by atoms with E-state index in [2.05, 4.69) is 10.3 Å². The minimum Gasteiger partial charge on any atom is -0.383 e. The summed E-state index contributed by atoms with van der Waals surface area (Å²) >= 11 is 0. The first-order valence-electron chi connectivity index (χ1n) is 6.12. The number of primary sulfonamides is 1. The lowest BCUT2D eigenvalue weighted by atomic mass is 10.4. The first-order chi connectivity index (χ1) is 9.76. The molecule has 0 unspecified atom stereocenters. The number of rotatable bonds is 8. The van der Waals surface area contributed by atoms with Crippen LogP contribution in [0.1, 0.15) is 6.42 Å². The maximum atomic E-state index is 11.7. The predicted octanol–water partition coefficient (Wildman–Crippen LogP) is -2.14. The molecule has 11 heteroatoms. The minimum atomic E-state index is -3.55. The molecule has 6 N–H and O–H groups in total. The molecule has 1 aromatic rings. The van der Waals surface area contributed by atoms with Gasteiger partial charge in [0.15, 0.2) is 0 Å². The molecule has 0 fully saturated rings. The van der Waals surface area contributed by atoms with E-state index in [1.165, 1.54) is 7.11 Å². The second-order valence-electron chi connectivity index (χ2n) is 4.31. The van der Waals surface area contributed by atoms with Crippen LogP contribution in [0, 0.1) is 0 Å². The number of anilines is 2. The molecule has 21 heavy (non-hydrogen) atoms. The molecule has 0 spiro atoms. The Morgan fingerprint density at radius 1 is 1.38 bits per heavy atom. The van der Waals surface area contributed by atoms with Crippen molar-refractivity contribution in [1.29, 1.82) is 0 Å². The summed E-state index contributed by atoms with van der Waals surface area (Å²) in [6, 6.07) is 0. The number of methoxy groups -OCH3 is 1. The first-order valence-corrected chi connectivity index (χ1v) is 7.83. The first kappa shape index (κ1) is 17.2. The number of hydrogen-bond acceptors (Lipinski definition) is 7. The van der Waals surface area contributed by atoms with Crippen molar-refractivity contribution < 1.29 is 13.2 Å². The van der Waals surface area contributed by atoms with Gasteiger partial charge in [0, 0.05) is 13.7 Å². The van der Waals surface area contributed by atoms with E-state index in [-0.39, 0.29) is 43.4 Å². The van der Waals surface area contributed by atoms with Crippen molar-refractivity contribution in [2.24, 2.45) is 5.14 Å². The maximum Gasteiger partial charge on any atom is 0.330 e. The summed E-state index contributed by atoms with van der Waals surface area (Å²) in [6.45, 7) is 0.608. The Morgan fingerprint density at radius 2 is 2.05 bits per heavy atom. The van der Waals surface area contributed by atoms with E-state index < -0.39 is 21.3 Å². The molecule has 0 aliphatic heterocycles. The molecule has 0 radical (unpaired) electrons. The van der Waals surface area contributed by atoms with Crippen LogP contribution < -0.4 is 27.4 Å². The van der Waals surface area contributed by atoms with Crippen LogP contribution in [0.4, 0.5) is 11.5 Å². The SMILES string of the molecule is COCCn1c(N)c(NCCCS(N)(=O)=O)c(=O)[nH]c1=O. The van der Waals surface area contributed by atoms with Crippen LogP contribution in [0.3, 0.4) is 0 Å². The van der Waals surface area contributed by atoms with Crippen molar-refractivity contribution >= 4 is 21.5 Å². The lowest BCUT2D eigenvalue weighted by Crippen LogP contribution is -2.35. The molecule has 1 aromatic heterocycles. The Bertz CT molecular complexity index is 693. The Balaban J connectivity index is 2.87. The van der Waals surface area contributed by atoms with Crippen LogP contribution in [-0.2, 0) is 21.3 Å². The summed E-state index contributed by atoms with van der Waals surface area (Å²) in [5.74, 6) is -0.252. The average Bonchev–Trinajstić information content (AvgIpc) is 2.36. The van der Waals surface area contributed by atoms with Crippen molar-refractivity contribution in [2.45, 2.75) is 13.0 Å². The van der Waals surface area contributed by atoms with Crippen molar-refractivity contribution in [3.8, 4) is 0 Å². The molecular formula is C10H19N5O5S. The number of hydrogen-bond donors (Lipinski definition) is 4. The molecule has 0 aromatic carbocycles. The van der Waals surface area contributed by atoms with E-state index in [0.29, 0.717) is 0 Å². The molecular weight excluding hydrogens is 302 g/mol. The summed E-state index contributed by atoms with van der Waals surface area (Å²) in [6.07, 6.45) is 0.203. The number of nitrogen functional groups attached to an aromatic ring is 1. The molecule has 0 amide bonds. The van der Waals surface area contributed by atoms with E-state index >= 15 is 0 Å². The molecule has 1 rings (SSSR count). The van der Waals surface area contributed by atoms with Crippen LogP contribution in [0.5, 0.6) is 0 Å². The summed E-state index contributed by atoms with van der Waals surface area (Å²) in [4.78, 5) is 25.4. The Kier molecular flexibility index (Phi) is 5.93. The van der Waals surface area contributed by atoms with Crippen molar-refractivity contribution in [2.75, 3.05) is 37.1 Å². The molecule has 120 valence electrons. The zero-order chi connectivity index (χ0) is 16.0. The molecule has 0 aliphatic carbocycles. The highest BCUT2D eigenvalue weighted by Crippen LogP contribution is 2.09. The molecule has 0 saturated carbocycles. The highest BCUT2D eigenvalue weighted by atomic mass is 32.2. The molecule has 0 atom stereocenters. The molecule has 10 nitrogen and oxygen atoms in total. The number of nitrogens with two attached hydrogens (primary N) is 2. The average molecular weight is 321 g/mol. The van der Waals surface area contributed by atoms with E-state index in [0.717, 1.165) is 4.57 Å². The van der Waals surface area contributed by atoms with Crippen LogP contribution in [0.2, 0.25) is 0 Å². The van der Waals surface area contributed by atoms with Crippen LogP contribution in [0.15, 0.2) is 9.59 Å². The quantitative estimate of drug-likeness (QED) is 0.397. The fraction of sp³-hybridized carbons (Fsp3) is 0.600. The monoisotopic (exact) mass is 321 g/mol. The van der Waals surface area contributed by atoms with Gasteiger partial charge in [-0.3, -0.25) is 14.3 Å². The van der Waals surface area contributed by atoms with Crippen LogP contribution >= 0.6 is 0 Å². The van der Waals surface area contributed by atoms with Gasteiger partial charge in [-0.05, 0) is 6.42 Å². The number of nitrogens with zero attached hydrogens (tertiary/aromatic N) is 1. The largest absolute Gasteiger partial charge is 0.383 e. The standard InChI is InChI=1S/C10H19N5O5S/c1-20-5-4-15-8(11)7(9(16)14-10(15)17)13-3-2-6-21(12,18)19/h13H,2-6,11H2,1H3,(H2,12,18,19)(H,14,16,17). The van der Waals surface area contributed by atoms with Gasteiger partial charge in [0.05, 0.1) is 18.9 Å². The summed E-state index contributed by atoms with van der Waals surface area (Å²) in [5, 5.41) is 7.57. The topological polar surface area (TPSA) is 162 Å². The van der Waals surface area contributed by atoms with E-state index in [4.69, 9.17) is 15.6 Å². The molecule has 0 saturated heterocycles. The van der Waals surface area contributed by atoms with Crippen molar-refractivity contribution in [3.05, 3.63) is 20.8 Å². The summed E-state index contributed by atoms with van der Waals surface area (Å²) < 4.78 is 27.6. The number of sulfonamides is 1. The Morgan fingerprint density at radius 3 is 2.62 bits per heavy atom. The zero-order valence-corrected chi connectivity index (χ0v) is 12.4.